The standard InChI is InChI=1S/C28H29FN2O3/c1-28(2,3)34-27(33)31-17-23(22-14-7-8-15-25(22)29)24(18-31)26(32)30-21-13-9-12-20(16-21)19-10-5-4-6-11-19/h4-16,23-24H,17-18H2,1-3H3,(H,30,32)/t23-,24+/m0/s1. The van der Waals surface area contributed by atoms with Crippen LogP contribution >= 0.6 is 0 Å². The molecule has 0 saturated carbocycles. The van der Waals surface area contributed by atoms with E-state index >= 15 is 0 Å². The summed E-state index contributed by atoms with van der Waals surface area (Å²) < 4.78 is 20.2. The maximum absolute atomic E-state index is 14.7. The van der Waals surface area contributed by atoms with E-state index in [1.54, 1.807) is 39.0 Å². The van der Waals surface area contributed by atoms with E-state index in [1.807, 2.05) is 54.6 Å². The number of amides is 2. The van der Waals surface area contributed by atoms with Crippen molar-refractivity contribution in [1.82, 2.24) is 4.90 Å². The van der Waals surface area contributed by atoms with Crippen LogP contribution in [-0.4, -0.2) is 35.6 Å². The molecule has 4 rings (SSSR count). The van der Waals surface area contributed by atoms with Gasteiger partial charge in [-0.2, -0.15) is 0 Å². The Morgan fingerprint density at radius 1 is 0.912 bits per heavy atom. The zero-order valence-corrected chi connectivity index (χ0v) is 19.6. The van der Waals surface area contributed by atoms with Crippen molar-refractivity contribution in [1.29, 1.82) is 0 Å². The number of anilines is 1. The van der Waals surface area contributed by atoms with Crippen LogP contribution in [0.4, 0.5) is 14.9 Å². The topological polar surface area (TPSA) is 58.6 Å². The smallest absolute Gasteiger partial charge is 0.410 e. The van der Waals surface area contributed by atoms with Crippen molar-refractivity contribution >= 4 is 17.7 Å². The number of likely N-dealkylation sites (tertiary alicyclic amines) is 1. The molecule has 0 unspecified atom stereocenters. The lowest BCUT2D eigenvalue weighted by Gasteiger charge is -2.24. The average Bonchev–Trinajstić information content (AvgIpc) is 3.25. The third kappa shape index (κ3) is 5.45. The van der Waals surface area contributed by atoms with Crippen LogP contribution in [0.2, 0.25) is 0 Å². The number of nitrogens with zero attached hydrogens (tertiary/aromatic N) is 1. The summed E-state index contributed by atoms with van der Waals surface area (Å²) in [5.74, 6) is -1.75. The number of carbonyl (C=O) groups excluding carboxylic acids is 2. The Labute approximate surface area is 199 Å². The first-order valence-electron chi connectivity index (χ1n) is 11.4. The molecule has 0 bridgehead atoms. The molecule has 2 amide bonds. The molecule has 176 valence electrons. The Morgan fingerprint density at radius 2 is 1.59 bits per heavy atom. The predicted octanol–water partition coefficient (Wildman–Crippen LogP) is 6.08. The predicted molar refractivity (Wildman–Crippen MR) is 131 cm³/mol. The van der Waals surface area contributed by atoms with Gasteiger partial charge in [0.1, 0.15) is 11.4 Å². The number of hydrogen-bond acceptors (Lipinski definition) is 3. The molecule has 0 radical (unpaired) electrons. The summed E-state index contributed by atoms with van der Waals surface area (Å²) in [5, 5.41) is 2.98. The van der Waals surface area contributed by atoms with E-state index < -0.39 is 23.5 Å². The first-order valence-corrected chi connectivity index (χ1v) is 11.4. The Balaban J connectivity index is 1.58. The van der Waals surface area contributed by atoms with Crippen molar-refractivity contribution in [3.8, 4) is 11.1 Å². The van der Waals surface area contributed by atoms with Crippen molar-refractivity contribution in [2.75, 3.05) is 18.4 Å². The first kappa shape index (κ1) is 23.5. The van der Waals surface area contributed by atoms with E-state index in [9.17, 15) is 14.0 Å². The lowest BCUT2D eigenvalue weighted by Crippen LogP contribution is -2.36. The molecule has 6 heteroatoms. The first-order chi connectivity index (χ1) is 16.2. The van der Waals surface area contributed by atoms with Gasteiger partial charge in [0, 0.05) is 24.7 Å². The fourth-order valence-corrected chi connectivity index (χ4v) is 4.28. The van der Waals surface area contributed by atoms with E-state index in [1.165, 1.54) is 11.0 Å². The van der Waals surface area contributed by atoms with Crippen LogP contribution in [0.3, 0.4) is 0 Å². The number of carbonyl (C=O) groups is 2. The normalized spacial score (nSPS) is 17.9. The van der Waals surface area contributed by atoms with Gasteiger partial charge >= 0.3 is 6.09 Å². The fraction of sp³-hybridized carbons (Fsp3) is 0.286. The molecular formula is C28H29FN2O3. The molecule has 1 N–H and O–H groups in total. The van der Waals surface area contributed by atoms with E-state index in [2.05, 4.69) is 5.32 Å². The number of ether oxygens (including phenoxy) is 1. The molecule has 1 saturated heterocycles. The molecule has 1 aliphatic rings. The van der Waals surface area contributed by atoms with Crippen molar-refractivity contribution in [3.63, 3.8) is 0 Å². The van der Waals surface area contributed by atoms with Crippen LogP contribution < -0.4 is 5.32 Å². The average molecular weight is 461 g/mol. The van der Waals surface area contributed by atoms with Gasteiger partial charge in [-0.15, -0.1) is 0 Å². The molecule has 1 fully saturated rings. The minimum Gasteiger partial charge on any atom is -0.444 e. The number of halogens is 1. The zero-order chi connectivity index (χ0) is 24.3. The molecule has 3 aromatic carbocycles. The molecule has 0 aromatic heterocycles. The molecule has 2 atom stereocenters. The van der Waals surface area contributed by atoms with Gasteiger partial charge in [0.2, 0.25) is 5.91 Å². The highest BCUT2D eigenvalue weighted by molar-refractivity contribution is 5.94. The molecule has 5 nitrogen and oxygen atoms in total. The van der Waals surface area contributed by atoms with E-state index in [0.29, 0.717) is 11.3 Å². The molecule has 0 aliphatic carbocycles. The highest BCUT2D eigenvalue weighted by Gasteiger charge is 2.42. The van der Waals surface area contributed by atoms with Crippen molar-refractivity contribution in [3.05, 3.63) is 90.2 Å². The second-order valence-corrected chi connectivity index (χ2v) is 9.56. The fourth-order valence-electron chi connectivity index (χ4n) is 4.28. The van der Waals surface area contributed by atoms with Crippen LogP contribution in [0.15, 0.2) is 78.9 Å². The summed E-state index contributed by atoms with van der Waals surface area (Å²) >= 11 is 0. The van der Waals surface area contributed by atoms with Crippen LogP contribution in [0.5, 0.6) is 0 Å². The van der Waals surface area contributed by atoms with Crippen LogP contribution in [0, 0.1) is 11.7 Å². The Bertz CT molecular complexity index is 1170. The SMILES string of the molecule is CC(C)(C)OC(=O)N1C[C@@H](C(=O)Nc2cccc(-c3ccccc3)c2)[C@H](c2ccccc2F)C1. The molecule has 1 aliphatic heterocycles. The van der Waals surface area contributed by atoms with Gasteiger partial charge in [-0.25, -0.2) is 9.18 Å². The summed E-state index contributed by atoms with van der Waals surface area (Å²) in [4.78, 5) is 27.6. The van der Waals surface area contributed by atoms with Crippen molar-refractivity contribution in [2.45, 2.75) is 32.3 Å². The second kappa shape index (κ2) is 9.67. The maximum atomic E-state index is 14.7. The largest absolute Gasteiger partial charge is 0.444 e. The van der Waals surface area contributed by atoms with Crippen LogP contribution in [-0.2, 0) is 9.53 Å². The Kier molecular flexibility index (Phi) is 6.68. The summed E-state index contributed by atoms with van der Waals surface area (Å²) in [6.07, 6.45) is -0.504. The van der Waals surface area contributed by atoms with Crippen LogP contribution in [0.1, 0.15) is 32.3 Å². The van der Waals surface area contributed by atoms with Crippen LogP contribution in [0.25, 0.3) is 11.1 Å². The summed E-state index contributed by atoms with van der Waals surface area (Å²) in [7, 11) is 0. The molecule has 34 heavy (non-hydrogen) atoms. The van der Waals surface area contributed by atoms with Crippen molar-refractivity contribution in [2.24, 2.45) is 5.92 Å². The van der Waals surface area contributed by atoms with E-state index in [0.717, 1.165) is 11.1 Å². The lowest BCUT2D eigenvalue weighted by molar-refractivity contribution is -0.119. The van der Waals surface area contributed by atoms with Gasteiger partial charge in [0.05, 0.1) is 5.92 Å². The van der Waals surface area contributed by atoms with Gasteiger partial charge < -0.3 is 15.0 Å². The number of benzene rings is 3. The number of rotatable bonds is 4. The molecular weight excluding hydrogens is 431 g/mol. The highest BCUT2D eigenvalue weighted by atomic mass is 19.1. The zero-order valence-electron chi connectivity index (χ0n) is 19.6. The monoisotopic (exact) mass is 460 g/mol. The van der Waals surface area contributed by atoms with Gasteiger partial charge in [0.25, 0.3) is 0 Å². The number of nitrogens with one attached hydrogen (secondary N) is 1. The van der Waals surface area contributed by atoms with Gasteiger partial charge in [-0.3, -0.25) is 4.79 Å². The minimum atomic E-state index is -0.664. The quantitative estimate of drug-likeness (QED) is 0.513. The van der Waals surface area contributed by atoms with Gasteiger partial charge in [-0.05, 0) is 55.7 Å². The second-order valence-electron chi connectivity index (χ2n) is 9.56. The van der Waals surface area contributed by atoms with E-state index in [4.69, 9.17) is 4.74 Å². The third-order valence-electron chi connectivity index (χ3n) is 5.85. The maximum Gasteiger partial charge on any atom is 0.410 e. The van der Waals surface area contributed by atoms with Gasteiger partial charge in [-0.1, -0.05) is 60.7 Å². The number of hydrogen-bond donors (Lipinski definition) is 1. The minimum absolute atomic E-state index is 0.151. The summed E-state index contributed by atoms with van der Waals surface area (Å²) in [5.41, 5.74) is 2.43. The Hall–Kier alpha value is -3.67. The van der Waals surface area contributed by atoms with Gasteiger partial charge in [0.15, 0.2) is 0 Å². The Morgan fingerprint density at radius 3 is 2.29 bits per heavy atom. The molecule has 0 spiro atoms. The molecule has 3 aromatic rings. The summed E-state index contributed by atoms with van der Waals surface area (Å²) in [6, 6.07) is 23.9. The molecule has 1 heterocycles. The highest BCUT2D eigenvalue weighted by Crippen LogP contribution is 2.36. The summed E-state index contributed by atoms with van der Waals surface area (Å²) in [6.45, 7) is 5.73. The third-order valence-corrected chi connectivity index (χ3v) is 5.85. The van der Waals surface area contributed by atoms with E-state index in [-0.39, 0.29) is 24.8 Å². The van der Waals surface area contributed by atoms with Crippen molar-refractivity contribution < 1.29 is 18.7 Å². The lowest BCUT2D eigenvalue weighted by atomic mass is 9.88.